The number of nitrogens with zero attached hydrogens (tertiary/aromatic N) is 1. The molecule has 0 aliphatic heterocycles. The summed E-state index contributed by atoms with van der Waals surface area (Å²) in [5.74, 6) is -0.275. The Morgan fingerprint density at radius 1 is 1.67 bits per heavy atom. The van der Waals surface area contributed by atoms with Crippen LogP contribution in [0.25, 0.3) is 0 Å². The minimum Gasteiger partial charge on any atom is -0.426 e. The molecular formula is C5H4ClF3N2O. The highest BCUT2D eigenvalue weighted by molar-refractivity contribution is 6.20. The molecule has 0 aliphatic rings. The summed E-state index contributed by atoms with van der Waals surface area (Å²) in [6.45, 7) is 0. The lowest BCUT2D eigenvalue weighted by Gasteiger charge is -2.15. The molecular weight excluding hydrogens is 197 g/mol. The summed E-state index contributed by atoms with van der Waals surface area (Å²) >= 11 is 4.51. The summed E-state index contributed by atoms with van der Waals surface area (Å²) < 4.78 is 40.5. The molecule has 1 unspecified atom stereocenters. The van der Waals surface area contributed by atoms with Crippen LogP contribution in [0.5, 0.6) is 5.75 Å². The normalized spacial score (nSPS) is 14.3. The van der Waals surface area contributed by atoms with Gasteiger partial charge in [0, 0.05) is 0 Å². The molecule has 0 bridgehead atoms. The van der Waals surface area contributed by atoms with E-state index in [9.17, 15) is 13.2 Å². The zero-order chi connectivity index (χ0) is 9.19. The van der Waals surface area contributed by atoms with Crippen molar-refractivity contribution in [1.82, 2.24) is 10.2 Å². The fourth-order valence-electron chi connectivity index (χ4n) is 0.497. The summed E-state index contributed by atoms with van der Waals surface area (Å²) in [6, 6.07) is 0. The maximum atomic E-state index is 12.3. The number of halogens is 4. The fourth-order valence-corrected chi connectivity index (χ4v) is 0.541. The summed E-state index contributed by atoms with van der Waals surface area (Å²) in [5, 5.41) is 5.53. The third kappa shape index (κ3) is 2.04. The number of ether oxygens (including phenoxy) is 1. The van der Waals surface area contributed by atoms with E-state index >= 15 is 0 Å². The molecule has 1 aromatic heterocycles. The van der Waals surface area contributed by atoms with Crippen molar-refractivity contribution in [1.29, 1.82) is 0 Å². The molecule has 0 amide bonds. The van der Waals surface area contributed by atoms with Crippen molar-refractivity contribution in [3.63, 3.8) is 0 Å². The van der Waals surface area contributed by atoms with Crippen LogP contribution in [0.1, 0.15) is 0 Å². The highest BCUT2D eigenvalue weighted by atomic mass is 35.5. The van der Waals surface area contributed by atoms with Gasteiger partial charge in [0.1, 0.15) is 0 Å². The standard InChI is InChI=1S/C5H4ClF3N2O/c6-4(7)5(8,9)12-3-1-10-11-2-3/h1-2,4H,(H,10,11). The molecule has 0 fully saturated rings. The lowest BCUT2D eigenvalue weighted by Crippen LogP contribution is -2.32. The van der Waals surface area contributed by atoms with Gasteiger partial charge in [0.05, 0.1) is 12.4 Å². The number of aromatic nitrogens is 2. The Kier molecular flexibility index (Phi) is 2.46. The van der Waals surface area contributed by atoms with Crippen molar-refractivity contribution in [2.45, 2.75) is 11.7 Å². The Balaban J connectivity index is 2.62. The molecule has 1 aromatic rings. The maximum Gasteiger partial charge on any atom is 0.444 e. The van der Waals surface area contributed by atoms with E-state index in [0.29, 0.717) is 0 Å². The Hall–Kier alpha value is -0.910. The maximum absolute atomic E-state index is 12.3. The van der Waals surface area contributed by atoms with Gasteiger partial charge in [0.25, 0.3) is 5.63 Å². The SMILES string of the molecule is FC(Cl)C(F)(F)Oc1cn[nH]c1. The van der Waals surface area contributed by atoms with Crippen molar-refractivity contribution < 1.29 is 17.9 Å². The van der Waals surface area contributed by atoms with Crippen LogP contribution in [-0.4, -0.2) is 21.9 Å². The van der Waals surface area contributed by atoms with Crippen LogP contribution >= 0.6 is 11.6 Å². The third-order valence-electron chi connectivity index (χ3n) is 0.981. The lowest BCUT2D eigenvalue weighted by atomic mass is 10.6. The minimum absolute atomic E-state index is 0.275. The predicted molar refractivity (Wildman–Crippen MR) is 34.9 cm³/mol. The fraction of sp³-hybridized carbons (Fsp3) is 0.400. The van der Waals surface area contributed by atoms with Gasteiger partial charge in [-0.25, -0.2) is 4.39 Å². The first kappa shape index (κ1) is 9.18. The minimum atomic E-state index is -4.04. The molecule has 3 nitrogen and oxygen atoms in total. The number of hydrogen-bond donors (Lipinski definition) is 1. The van der Waals surface area contributed by atoms with Crippen LogP contribution in [0.15, 0.2) is 12.4 Å². The number of H-pyrrole nitrogens is 1. The van der Waals surface area contributed by atoms with Gasteiger partial charge in [-0.3, -0.25) is 5.10 Å². The number of aromatic amines is 1. The van der Waals surface area contributed by atoms with E-state index in [0.717, 1.165) is 12.4 Å². The molecule has 1 atom stereocenters. The molecule has 68 valence electrons. The van der Waals surface area contributed by atoms with Crippen LogP contribution in [-0.2, 0) is 0 Å². The molecule has 1 heterocycles. The predicted octanol–water partition coefficient (Wildman–Crippen LogP) is 1.92. The first-order valence-corrected chi connectivity index (χ1v) is 3.30. The quantitative estimate of drug-likeness (QED) is 0.757. The molecule has 7 heteroatoms. The van der Waals surface area contributed by atoms with Crippen LogP contribution in [0.4, 0.5) is 13.2 Å². The average Bonchev–Trinajstić information content (AvgIpc) is 2.38. The van der Waals surface area contributed by atoms with Crippen LogP contribution in [0.3, 0.4) is 0 Å². The third-order valence-corrected chi connectivity index (χ3v) is 1.24. The van der Waals surface area contributed by atoms with E-state index < -0.39 is 11.7 Å². The van der Waals surface area contributed by atoms with E-state index in [1.165, 1.54) is 0 Å². The summed E-state index contributed by atoms with van der Waals surface area (Å²) in [4.78, 5) is 0. The molecule has 1 rings (SSSR count). The van der Waals surface area contributed by atoms with Crippen molar-refractivity contribution in [2.75, 3.05) is 0 Å². The van der Waals surface area contributed by atoms with Gasteiger partial charge in [-0.05, 0) is 0 Å². The van der Waals surface area contributed by atoms with E-state index in [4.69, 9.17) is 0 Å². The Morgan fingerprint density at radius 3 is 2.75 bits per heavy atom. The van der Waals surface area contributed by atoms with Crippen molar-refractivity contribution >= 4 is 11.6 Å². The van der Waals surface area contributed by atoms with Gasteiger partial charge in [-0.2, -0.15) is 13.9 Å². The van der Waals surface area contributed by atoms with Crippen molar-refractivity contribution in [3.05, 3.63) is 12.4 Å². The van der Waals surface area contributed by atoms with Gasteiger partial charge in [0.15, 0.2) is 5.75 Å². The molecule has 0 spiro atoms. The molecule has 0 saturated heterocycles. The smallest absolute Gasteiger partial charge is 0.426 e. The van der Waals surface area contributed by atoms with Crippen LogP contribution < -0.4 is 4.74 Å². The molecule has 1 N–H and O–H groups in total. The largest absolute Gasteiger partial charge is 0.444 e. The zero-order valence-corrected chi connectivity index (χ0v) is 6.36. The van der Waals surface area contributed by atoms with Crippen molar-refractivity contribution in [3.8, 4) is 5.75 Å². The van der Waals surface area contributed by atoms with E-state index in [1.807, 2.05) is 0 Å². The number of hydrogen-bond acceptors (Lipinski definition) is 2. The number of alkyl halides is 4. The Morgan fingerprint density at radius 2 is 2.33 bits per heavy atom. The second-order valence-corrected chi connectivity index (χ2v) is 2.28. The van der Waals surface area contributed by atoms with E-state index in [2.05, 4.69) is 26.5 Å². The molecule has 0 aliphatic carbocycles. The van der Waals surface area contributed by atoms with E-state index in [1.54, 1.807) is 0 Å². The molecule has 12 heavy (non-hydrogen) atoms. The summed E-state index contributed by atoms with van der Waals surface area (Å²) in [6.07, 6.45) is -2.01. The average molecular weight is 201 g/mol. The summed E-state index contributed by atoms with van der Waals surface area (Å²) in [7, 11) is 0. The zero-order valence-electron chi connectivity index (χ0n) is 5.60. The molecule has 0 radical (unpaired) electrons. The number of rotatable bonds is 3. The molecule has 0 saturated carbocycles. The van der Waals surface area contributed by atoms with Gasteiger partial charge < -0.3 is 4.74 Å². The van der Waals surface area contributed by atoms with E-state index in [-0.39, 0.29) is 5.75 Å². The highest BCUT2D eigenvalue weighted by Gasteiger charge is 2.42. The first-order valence-electron chi connectivity index (χ1n) is 2.86. The molecule has 0 aromatic carbocycles. The van der Waals surface area contributed by atoms with Crippen LogP contribution in [0, 0.1) is 0 Å². The monoisotopic (exact) mass is 200 g/mol. The Labute approximate surface area is 70.5 Å². The van der Waals surface area contributed by atoms with Crippen molar-refractivity contribution in [2.24, 2.45) is 0 Å². The second-order valence-electron chi connectivity index (χ2n) is 1.90. The highest BCUT2D eigenvalue weighted by Crippen LogP contribution is 2.27. The second kappa shape index (κ2) is 3.22. The number of nitrogens with one attached hydrogen (secondary N) is 1. The Bertz CT molecular complexity index is 239. The topological polar surface area (TPSA) is 37.9 Å². The van der Waals surface area contributed by atoms with Crippen LogP contribution in [0.2, 0.25) is 0 Å². The van der Waals surface area contributed by atoms with Gasteiger partial charge in [0.2, 0.25) is 0 Å². The van der Waals surface area contributed by atoms with Gasteiger partial charge in [-0.1, -0.05) is 11.6 Å². The lowest BCUT2D eigenvalue weighted by molar-refractivity contribution is -0.199. The first-order chi connectivity index (χ1) is 5.52. The summed E-state index contributed by atoms with van der Waals surface area (Å²) in [5.41, 5.74) is -2.88. The van der Waals surface area contributed by atoms with Gasteiger partial charge >= 0.3 is 6.11 Å². The van der Waals surface area contributed by atoms with Gasteiger partial charge in [-0.15, -0.1) is 0 Å².